The third-order valence-corrected chi connectivity index (χ3v) is 20.9. The molecule has 7 aliphatic heterocycles. The first-order valence-corrected chi connectivity index (χ1v) is 33.3. The van der Waals surface area contributed by atoms with Crippen LogP contribution >= 0.6 is 11.6 Å². The minimum atomic E-state index is -3.77. The summed E-state index contributed by atoms with van der Waals surface area (Å²) in [6.45, 7) is 7.56. The van der Waals surface area contributed by atoms with E-state index in [4.69, 9.17) is 52.6 Å². The van der Waals surface area contributed by atoms with Gasteiger partial charge in [0.2, 0.25) is 10.0 Å². The lowest BCUT2D eigenvalue weighted by Gasteiger charge is -2.38. The maximum absolute atomic E-state index is 13.2. The number of fused-ring (bicyclic) bond motifs is 7. The summed E-state index contributed by atoms with van der Waals surface area (Å²) in [4.78, 5) is 44.7. The lowest BCUT2D eigenvalue weighted by Crippen LogP contribution is -2.46. The number of piperidine rings is 3. The Hall–Kier alpha value is -8.69. The number of halogens is 1. The van der Waals surface area contributed by atoms with Gasteiger partial charge < -0.3 is 50.5 Å². The van der Waals surface area contributed by atoms with E-state index >= 15 is 0 Å². The van der Waals surface area contributed by atoms with E-state index in [1.165, 1.54) is 46.5 Å². The summed E-state index contributed by atoms with van der Waals surface area (Å²) in [5, 5.41) is 14.5. The van der Waals surface area contributed by atoms with Crippen LogP contribution < -0.4 is 36.6 Å². The van der Waals surface area contributed by atoms with Crippen LogP contribution in [0, 0.1) is 0 Å². The van der Waals surface area contributed by atoms with Crippen molar-refractivity contribution in [3.63, 3.8) is 0 Å². The van der Waals surface area contributed by atoms with Crippen LogP contribution in [0.25, 0.3) is 11.3 Å². The van der Waals surface area contributed by atoms with E-state index in [-0.39, 0.29) is 44.9 Å². The highest BCUT2D eigenvalue weighted by Gasteiger charge is 2.47. The van der Waals surface area contributed by atoms with Crippen LogP contribution in [0.3, 0.4) is 0 Å². The van der Waals surface area contributed by atoms with Gasteiger partial charge in [-0.05, 0) is 158 Å². The zero-order valence-electron chi connectivity index (χ0n) is 51.1. The zero-order chi connectivity index (χ0) is 63.8. The summed E-state index contributed by atoms with van der Waals surface area (Å²) in [6.07, 6.45) is 5.96. The molecule has 3 spiro atoms. The van der Waals surface area contributed by atoms with Gasteiger partial charge in [-0.2, -0.15) is 10.2 Å². The molecule has 8 heterocycles. The Kier molecular flexibility index (Phi) is 17.4. The number of hydrogen-bond donors (Lipinski definition) is 4. The Morgan fingerprint density at radius 2 is 0.935 bits per heavy atom. The molecule has 7 aliphatic rings. The van der Waals surface area contributed by atoms with Crippen molar-refractivity contribution in [1.82, 2.24) is 14.7 Å². The summed E-state index contributed by atoms with van der Waals surface area (Å²) >= 11 is 5.95. The Morgan fingerprint density at radius 3 is 1.38 bits per heavy atom. The third kappa shape index (κ3) is 12.4. The molecule has 0 bridgehead atoms. The number of nitrogens with two attached hydrogens (primary N) is 4. The lowest BCUT2D eigenvalue weighted by atomic mass is 9.74. The first kappa shape index (κ1) is 62.1. The van der Waals surface area contributed by atoms with Gasteiger partial charge in [0.25, 0.3) is 17.7 Å². The topological polar surface area (TPSA) is 265 Å². The Labute approximate surface area is 540 Å². The number of amides is 3. The van der Waals surface area contributed by atoms with Crippen LogP contribution in [-0.2, 0) is 52.3 Å². The highest BCUT2D eigenvalue weighted by atomic mass is 35.5. The normalized spacial score (nSPS) is 18.3. The molecule has 20 heteroatoms. The molecule has 3 fully saturated rings. The van der Waals surface area contributed by atoms with Gasteiger partial charge >= 0.3 is 0 Å². The molecule has 92 heavy (non-hydrogen) atoms. The fraction of sp³-hybridized carbons (Fsp3) is 0.319. The summed E-state index contributed by atoms with van der Waals surface area (Å²) in [5.41, 5.74) is 29.7. The fourth-order valence-corrected chi connectivity index (χ4v) is 14.7. The van der Waals surface area contributed by atoms with Crippen molar-refractivity contribution in [3.8, 4) is 28.6 Å². The summed E-state index contributed by atoms with van der Waals surface area (Å²) in [7, 11) is -3.77. The number of rotatable bonds is 10. The molecule has 8 aromatic rings. The number of sulfonamides is 1. The monoisotopic (exact) mass is 1280 g/mol. The van der Waals surface area contributed by atoms with E-state index in [0.717, 1.165) is 114 Å². The molecular weight excluding hydrogens is 1200 g/mol. The Balaban J connectivity index is 0.000000127. The number of carbonyl (C=O) groups is 3. The second-order valence-corrected chi connectivity index (χ2v) is 27.1. The number of carbonyl (C=O) groups excluding carboxylic acids is 3. The molecule has 0 aliphatic carbocycles. The summed E-state index contributed by atoms with van der Waals surface area (Å²) in [5.74, 6) is 3.78. The van der Waals surface area contributed by atoms with Crippen molar-refractivity contribution >= 4 is 45.0 Å². The van der Waals surface area contributed by atoms with Gasteiger partial charge in [-0.15, -0.1) is 0 Å². The van der Waals surface area contributed by atoms with Crippen molar-refractivity contribution in [3.05, 3.63) is 230 Å². The van der Waals surface area contributed by atoms with Crippen LogP contribution in [0.5, 0.6) is 17.2 Å². The number of furan rings is 1. The van der Waals surface area contributed by atoms with Gasteiger partial charge in [0.15, 0.2) is 5.76 Å². The predicted molar refractivity (Wildman–Crippen MR) is 351 cm³/mol. The zero-order valence-corrected chi connectivity index (χ0v) is 52.7. The minimum absolute atomic E-state index is 0.00272. The van der Waals surface area contributed by atoms with E-state index < -0.39 is 10.0 Å². The van der Waals surface area contributed by atoms with Crippen molar-refractivity contribution in [2.24, 2.45) is 32.6 Å². The molecular formula is C72H74ClN9O9S. The standard InChI is InChI=1S/C28H28N4O2.C24H23ClN2O3.C20H23N3O4S/c29-17-20-7-10-26-23(15-20)28(18-34-26)11-13-32(14-12-28)27(33)21-8-5-19(6-9-21)16-25-22-3-1-2-4-24(22)30-31-25;25-18-4-2-17(3-5-18)20-7-8-22(30-20)23(28)27-11-9-24(10-12-27)15-29-21-6-1-16(14-26)13-19(21)24;21-12-14-1-6-18-17(11-14)20(13-27-18)7-9-23(10-8-20)19(24)15-2-4-16(5-3-15)28(22,25)26/h1-10,15,25H,11-14,16-18,29H2;1-8,13H,9-12,14-15,26H2;1-6,11H,7-10,12-13,21H2,(H2,22,25,26). The van der Waals surface area contributed by atoms with E-state index in [1.54, 1.807) is 6.07 Å². The first-order chi connectivity index (χ1) is 44.5. The molecule has 7 aromatic carbocycles. The highest BCUT2D eigenvalue weighted by molar-refractivity contribution is 7.89. The SMILES string of the molecule is NCc1ccc2c(c1)C1(CCN(C(=O)c3ccc(-c4ccc(Cl)cc4)o3)CC1)CO2.NCc1ccc2c(c1)C1(CCN(C(=O)c3ccc(CC4N=Nc5ccccc54)cc3)CC1)CO2.NCc1ccc2c(c1)C1(CCN(C(=O)c3ccc(S(N)(=O)=O)cc3)CC1)CO2. The average molecular weight is 1280 g/mol. The van der Waals surface area contributed by atoms with E-state index in [0.29, 0.717) is 87.7 Å². The lowest BCUT2D eigenvalue weighted by molar-refractivity contribution is 0.0614. The molecule has 3 saturated heterocycles. The molecule has 1 aromatic heterocycles. The van der Waals surface area contributed by atoms with Gasteiger partial charge in [0.05, 0.1) is 30.4 Å². The number of benzene rings is 7. The van der Waals surface area contributed by atoms with Gasteiger partial charge in [0.1, 0.15) is 29.1 Å². The van der Waals surface area contributed by atoms with Gasteiger partial charge in [-0.25, -0.2) is 13.6 Å². The van der Waals surface area contributed by atoms with Gasteiger partial charge in [-0.3, -0.25) is 14.4 Å². The minimum Gasteiger partial charge on any atom is -0.492 e. The molecule has 18 nitrogen and oxygen atoms in total. The number of azo groups is 1. The maximum atomic E-state index is 13.2. The second-order valence-electron chi connectivity index (χ2n) is 25.1. The smallest absolute Gasteiger partial charge is 0.289 e. The van der Waals surface area contributed by atoms with Gasteiger partial charge in [-0.1, -0.05) is 78.3 Å². The number of likely N-dealkylation sites (tertiary alicyclic amines) is 3. The van der Waals surface area contributed by atoms with E-state index in [1.807, 2.05) is 124 Å². The maximum Gasteiger partial charge on any atom is 0.289 e. The van der Waals surface area contributed by atoms with Crippen molar-refractivity contribution < 1.29 is 41.4 Å². The fourth-order valence-electron chi connectivity index (χ4n) is 14.0. The van der Waals surface area contributed by atoms with Crippen LogP contribution in [0.15, 0.2) is 183 Å². The molecule has 0 radical (unpaired) electrons. The number of ether oxygens (including phenoxy) is 3. The Morgan fingerprint density at radius 1 is 0.511 bits per heavy atom. The third-order valence-electron chi connectivity index (χ3n) is 19.7. The Bertz CT molecular complexity index is 4210. The predicted octanol–water partition coefficient (Wildman–Crippen LogP) is 11.1. The average Bonchev–Trinajstić information content (AvgIpc) is 1.61. The van der Waals surface area contributed by atoms with Crippen molar-refractivity contribution in [2.45, 2.75) is 91.8 Å². The van der Waals surface area contributed by atoms with Crippen LogP contribution in [-0.4, -0.2) is 99.9 Å². The van der Waals surface area contributed by atoms with Crippen LogP contribution in [0.4, 0.5) is 5.69 Å². The molecule has 474 valence electrons. The van der Waals surface area contributed by atoms with Crippen LogP contribution in [0.1, 0.15) is 120 Å². The molecule has 8 N–H and O–H groups in total. The number of nitrogens with zero attached hydrogens (tertiary/aromatic N) is 5. The largest absolute Gasteiger partial charge is 0.492 e. The quantitative estimate of drug-likeness (QED) is 0.0996. The molecule has 0 saturated carbocycles. The highest BCUT2D eigenvalue weighted by Crippen LogP contribution is 2.49. The molecule has 3 amide bonds. The summed E-state index contributed by atoms with van der Waals surface area (Å²) in [6, 6.07) is 51.4. The number of primary sulfonamides is 1. The van der Waals surface area contributed by atoms with Crippen LogP contribution in [0.2, 0.25) is 5.02 Å². The number of hydrogen-bond acceptors (Lipinski definition) is 14. The first-order valence-electron chi connectivity index (χ1n) is 31.4. The molecule has 15 rings (SSSR count). The van der Waals surface area contributed by atoms with E-state index in [2.05, 4.69) is 34.5 Å². The summed E-state index contributed by atoms with van der Waals surface area (Å²) < 4.78 is 46.5. The molecule has 1 unspecified atom stereocenters. The second kappa shape index (κ2) is 25.8. The molecule has 1 atom stereocenters. The van der Waals surface area contributed by atoms with Crippen molar-refractivity contribution in [1.29, 1.82) is 0 Å². The van der Waals surface area contributed by atoms with Gasteiger partial charge in [0, 0.05) is 126 Å². The van der Waals surface area contributed by atoms with Crippen molar-refractivity contribution in [2.75, 3.05) is 59.1 Å². The van der Waals surface area contributed by atoms with E-state index in [9.17, 15) is 22.8 Å².